The number of fused-ring (bicyclic) bond motifs is 2. The van der Waals surface area contributed by atoms with E-state index in [1.165, 1.54) is 7.11 Å². The average molecular weight is 317 g/mol. The van der Waals surface area contributed by atoms with Crippen LogP contribution in [-0.4, -0.2) is 20.2 Å². The molecule has 2 aromatic carbocycles. The highest BCUT2D eigenvalue weighted by atomic mass is 35.5. The third kappa shape index (κ3) is 2.42. The summed E-state index contributed by atoms with van der Waals surface area (Å²) in [7, 11) is 2.90. The SMILES string of the molecule is COC(=O)c1ccc2c(c1)C(OC)=Cc1c(Cl)cccc1O2. The fourth-order valence-corrected chi connectivity index (χ4v) is 2.52. The molecule has 0 amide bonds. The van der Waals surface area contributed by atoms with Crippen molar-refractivity contribution in [2.24, 2.45) is 0 Å². The molecule has 1 heterocycles. The first-order valence-corrected chi connectivity index (χ1v) is 6.96. The van der Waals surface area contributed by atoms with Crippen molar-refractivity contribution in [1.82, 2.24) is 0 Å². The van der Waals surface area contributed by atoms with Gasteiger partial charge in [-0.15, -0.1) is 0 Å². The van der Waals surface area contributed by atoms with Gasteiger partial charge in [-0.25, -0.2) is 4.79 Å². The second-order valence-electron chi connectivity index (χ2n) is 4.67. The van der Waals surface area contributed by atoms with E-state index in [0.717, 1.165) is 5.56 Å². The van der Waals surface area contributed by atoms with Gasteiger partial charge in [-0.05, 0) is 36.4 Å². The number of halogens is 1. The zero-order valence-electron chi connectivity index (χ0n) is 12.1. The number of benzene rings is 2. The van der Waals surface area contributed by atoms with Crippen LogP contribution in [0.4, 0.5) is 0 Å². The fraction of sp³-hybridized carbons (Fsp3) is 0.118. The maximum atomic E-state index is 11.7. The molecule has 22 heavy (non-hydrogen) atoms. The zero-order valence-corrected chi connectivity index (χ0v) is 12.8. The minimum atomic E-state index is -0.418. The van der Waals surface area contributed by atoms with Gasteiger partial charge in [0, 0.05) is 5.56 Å². The van der Waals surface area contributed by atoms with Crippen LogP contribution in [0.1, 0.15) is 21.5 Å². The first-order chi connectivity index (χ1) is 10.6. The lowest BCUT2D eigenvalue weighted by Gasteiger charge is -2.11. The van der Waals surface area contributed by atoms with E-state index in [-0.39, 0.29) is 0 Å². The fourth-order valence-electron chi connectivity index (χ4n) is 2.30. The molecule has 0 saturated heterocycles. The molecule has 0 atom stereocenters. The van der Waals surface area contributed by atoms with Crippen molar-refractivity contribution in [3.63, 3.8) is 0 Å². The van der Waals surface area contributed by atoms with Crippen molar-refractivity contribution in [3.05, 3.63) is 58.1 Å². The molecule has 0 bridgehead atoms. The minimum Gasteiger partial charge on any atom is -0.496 e. The van der Waals surface area contributed by atoms with Crippen LogP contribution in [0, 0.1) is 0 Å². The van der Waals surface area contributed by atoms with Crippen molar-refractivity contribution < 1.29 is 19.0 Å². The number of rotatable bonds is 2. The summed E-state index contributed by atoms with van der Waals surface area (Å²) in [6, 6.07) is 10.5. The highest BCUT2D eigenvalue weighted by Crippen LogP contribution is 2.41. The van der Waals surface area contributed by atoms with E-state index >= 15 is 0 Å². The Morgan fingerprint density at radius 1 is 1.14 bits per heavy atom. The number of ether oxygens (including phenoxy) is 3. The molecular formula is C17H13ClO4. The van der Waals surface area contributed by atoms with Gasteiger partial charge in [-0.1, -0.05) is 17.7 Å². The third-order valence-electron chi connectivity index (χ3n) is 3.39. The van der Waals surface area contributed by atoms with Crippen molar-refractivity contribution in [2.45, 2.75) is 0 Å². The molecule has 112 valence electrons. The standard InChI is InChI=1S/C17H13ClO4/c1-20-16-9-11-13(18)4-3-5-14(11)22-15-7-6-10(8-12(15)16)17(19)21-2/h3-9H,1-2H3. The molecule has 0 spiro atoms. The van der Waals surface area contributed by atoms with E-state index in [1.807, 2.05) is 12.1 Å². The van der Waals surface area contributed by atoms with Crippen LogP contribution in [0.2, 0.25) is 5.02 Å². The second-order valence-corrected chi connectivity index (χ2v) is 5.08. The Balaban J connectivity index is 2.20. The second kappa shape index (κ2) is 5.73. The molecule has 0 radical (unpaired) electrons. The number of esters is 1. The van der Waals surface area contributed by atoms with Gasteiger partial charge in [0.1, 0.15) is 17.3 Å². The summed E-state index contributed by atoms with van der Waals surface area (Å²) < 4.78 is 16.1. The molecule has 1 aliphatic rings. The molecule has 1 aliphatic heterocycles. The Morgan fingerprint density at radius 2 is 1.95 bits per heavy atom. The number of carbonyl (C=O) groups excluding carboxylic acids is 1. The molecule has 0 aromatic heterocycles. The van der Waals surface area contributed by atoms with Gasteiger partial charge in [-0.2, -0.15) is 0 Å². The van der Waals surface area contributed by atoms with E-state index < -0.39 is 5.97 Å². The normalized spacial score (nSPS) is 12.2. The summed E-state index contributed by atoms with van der Waals surface area (Å²) in [6.45, 7) is 0. The molecule has 2 aromatic rings. The molecule has 3 rings (SSSR count). The third-order valence-corrected chi connectivity index (χ3v) is 3.72. The van der Waals surface area contributed by atoms with Gasteiger partial charge >= 0.3 is 5.97 Å². The number of hydrogen-bond acceptors (Lipinski definition) is 4. The minimum absolute atomic E-state index is 0.418. The van der Waals surface area contributed by atoms with Crippen LogP contribution in [0.25, 0.3) is 11.8 Å². The van der Waals surface area contributed by atoms with Crippen molar-refractivity contribution in [3.8, 4) is 11.5 Å². The maximum absolute atomic E-state index is 11.7. The van der Waals surface area contributed by atoms with E-state index in [9.17, 15) is 4.79 Å². The number of methoxy groups -OCH3 is 2. The van der Waals surface area contributed by atoms with Crippen molar-refractivity contribution in [2.75, 3.05) is 14.2 Å². The lowest BCUT2D eigenvalue weighted by atomic mass is 10.1. The van der Waals surface area contributed by atoms with Crippen LogP contribution in [0.3, 0.4) is 0 Å². The van der Waals surface area contributed by atoms with Gasteiger partial charge < -0.3 is 14.2 Å². The summed E-state index contributed by atoms with van der Waals surface area (Å²) >= 11 is 6.23. The lowest BCUT2D eigenvalue weighted by Crippen LogP contribution is -2.02. The van der Waals surface area contributed by atoms with Crippen molar-refractivity contribution >= 4 is 29.4 Å². The molecular weight excluding hydrogens is 304 g/mol. The van der Waals surface area contributed by atoms with E-state index in [2.05, 4.69) is 0 Å². The predicted octanol–water partition coefficient (Wildman–Crippen LogP) is 4.38. The smallest absolute Gasteiger partial charge is 0.337 e. The summed E-state index contributed by atoms with van der Waals surface area (Å²) in [5.41, 5.74) is 1.82. The van der Waals surface area contributed by atoms with Gasteiger partial charge in [0.15, 0.2) is 0 Å². The maximum Gasteiger partial charge on any atom is 0.337 e. The summed E-state index contributed by atoms with van der Waals surface area (Å²) in [5, 5.41) is 0.563. The molecule has 0 unspecified atom stereocenters. The van der Waals surface area contributed by atoms with Crippen LogP contribution in [0.15, 0.2) is 36.4 Å². The molecule has 0 N–H and O–H groups in total. The van der Waals surface area contributed by atoms with Gasteiger partial charge in [0.05, 0.1) is 30.4 Å². The number of carbonyl (C=O) groups is 1. The van der Waals surface area contributed by atoms with Gasteiger partial charge in [0.25, 0.3) is 0 Å². The first-order valence-electron chi connectivity index (χ1n) is 6.59. The summed E-state index contributed by atoms with van der Waals surface area (Å²) in [6.07, 6.45) is 1.80. The first kappa shape index (κ1) is 14.5. The molecule has 4 nitrogen and oxygen atoms in total. The quantitative estimate of drug-likeness (QED) is 0.771. The van der Waals surface area contributed by atoms with Gasteiger partial charge in [-0.3, -0.25) is 0 Å². The van der Waals surface area contributed by atoms with Gasteiger partial charge in [0.2, 0.25) is 0 Å². The van der Waals surface area contributed by atoms with Crippen LogP contribution in [0.5, 0.6) is 11.5 Å². The average Bonchev–Trinajstić information content (AvgIpc) is 2.70. The Labute approximate surface area is 132 Å². The molecule has 0 fully saturated rings. The van der Waals surface area contributed by atoms with E-state index in [4.69, 9.17) is 25.8 Å². The highest BCUT2D eigenvalue weighted by molar-refractivity contribution is 6.32. The molecule has 0 aliphatic carbocycles. The summed E-state index contributed by atoms with van der Waals surface area (Å²) in [4.78, 5) is 11.7. The Hall–Kier alpha value is -2.46. The van der Waals surface area contributed by atoms with Crippen LogP contribution >= 0.6 is 11.6 Å². The van der Waals surface area contributed by atoms with E-state index in [1.54, 1.807) is 37.5 Å². The van der Waals surface area contributed by atoms with Crippen molar-refractivity contribution in [1.29, 1.82) is 0 Å². The predicted molar refractivity (Wildman–Crippen MR) is 84.2 cm³/mol. The Kier molecular flexibility index (Phi) is 3.77. The zero-order chi connectivity index (χ0) is 15.7. The lowest BCUT2D eigenvalue weighted by molar-refractivity contribution is 0.0600. The highest BCUT2D eigenvalue weighted by Gasteiger charge is 2.20. The summed E-state index contributed by atoms with van der Waals surface area (Å²) in [5.74, 6) is 1.36. The topological polar surface area (TPSA) is 44.8 Å². The van der Waals surface area contributed by atoms with Crippen LogP contribution in [-0.2, 0) is 9.47 Å². The molecule has 0 saturated carbocycles. The number of hydrogen-bond donors (Lipinski definition) is 0. The largest absolute Gasteiger partial charge is 0.496 e. The van der Waals surface area contributed by atoms with Crippen LogP contribution < -0.4 is 4.74 Å². The Morgan fingerprint density at radius 3 is 2.68 bits per heavy atom. The van der Waals surface area contributed by atoms with E-state index in [0.29, 0.717) is 33.4 Å². The monoisotopic (exact) mass is 316 g/mol. The Bertz CT molecular complexity index is 780. The molecule has 5 heteroatoms.